The predicted octanol–water partition coefficient (Wildman–Crippen LogP) is 4.53. The lowest BCUT2D eigenvalue weighted by Gasteiger charge is -2.30. The van der Waals surface area contributed by atoms with Crippen LogP contribution in [0.1, 0.15) is 12.8 Å². The third-order valence-electron chi connectivity index (χ3n) is 6.00. The fourth-order valence-electron chi connectivity index (χ4n) is 4.65. The maximum Gasteiger partial charge on any atom is 0.411 e. The van der Waals surface area contributed by atoms with Gasteiger partial charge in [0.25, 0.3) is 0 Å². The van der Waals surface area contributed by atoms with Crippen LogP contribution in [0, 0.1) is 5.82 Å². The van der Waals surface area contributed by atoms with E-state index in [4.69, 9.17) is 9.47 Å². The van der Waals surface area contributed by atoms with E-state index in [1.165, 1.54) is 12.1 Å². The third kappa shape index (κ3) is 3.10. The average molecular weight is 410 g/mol. The number of morpholine rings is 1. The smallest absolute Gasteiger partial charge is 0.411 e. The number of nitrogens with one attached hydrogen (secondary N) is 2. The van der Waals surface area contributed by atoms with Crippen LogP contribution in [0.4, 0.5) is 14.9 Å². The zero-order valence-corrected chi connectivity index (χ0v) is 16.2. The summed E-state index contributed by atoms with van der Waals surface area (Å²) < 4.78 is 26.4. The lowest BCUT2D eigenvalue weighted by molar-refractivity contribution is 0.0554. The second-order valence-corrected chi connectivity index (χ2v) is 8.99. The van der Waals surface area contributed by atoms with Crippen molar-refractivity contribution in [3.05, 3.63) is 54.3 Å². The van der Waals surface area contributed by atoms with Crippen molar-refractivity contribution in [3.63, 3.8) is 0 Å². The maximum atomic E-state index is 14.0. The first-order valence-corrected chi connectivity index (χ1v) is 10.6. The number of carbonyl (C=O) groups excluding carboxylic acids is 1. The summed E-state index contributed by atoms with van der Waals surface area (Å²) >= 11 is 1.57. The Morgan fingerprint density at radius 3 is 2.72 bits per heavy atom. The normalized spacial score (nSPS) is 29.5. The van der Waals surface area contributed by atoms with Crippen LogP contribution in [0.15, 0.2) is 48.5 Å². The Morgan fingerprint density at radius 2 is 1.93 bits per heavy atom. The second-order valence-electron chi connectivity index (χ2n) is 7.91. The van der Waals surface area contributed by atoms with Gasteiger partial charge in [0, 0.05) is 40.1 Å². The maximum absolute atomic E-state index is 14.0. The fourth-order valence-corrected chi connectivity index (χ4v) is 5.74. The van der Waals surface area contributed by atoms with Crippen LogP contribution in [0.2, 0.25) is 0 Å². The molecule has 3 saturated heterocycles. The standard InChI is InChI=1S/C22H19FN2O3S/c23-12-5-6-15(14(8-12)19-7-11-3-1-2-4-18(11)29-19)25-22(26)27-13-9-16-20-21(28-20)17(10-13)24-16/h1-8,13,16-17,20-21,24H,9-10H2,(H,25,26)/t13?,16-,17-,20-,21+/m0/s1. The quantitative estimate of drug-likeness (QED) is 0.623. The van der Waals surface area contributed by atoms with Gasteiger partial charge in [0.2, 0.25) is 0 Å². The number of piperidine rings is 1. The molecule has 1 unspecified atom stereocenters. The van der Waals surface area contributed by atoms with Crippen molar-refractivity contribution in [2.24, 2.45) is 0 Å². The Hall–Kier alpha value is -2.48. The molecule has 5 nitrogen and oxygen atoms in total. The number of anilines is 1. The van der Waals surface area contributed by atoms with Crippen LogP contribution in [0.3, 0.4) is 0 Å². The summed E-state index contributed by atoms with van der Waals surface area (Å²) in [5.41, 5.74) is 1.20. The van der Waals surface area contributed by atoms with Crippen molar-refractivity contribution in [1.82, 2.24) is 5.32 Å². The summed E-state index contributed by atoms with van der Waals surface area (Å²) in [5.74, 6) is -0.342. The number of amides is 1. The number of carbonyl (C=O) groups is 1. The number of hydrogen-bond acceptors (Lipinski definition) is 5. The first-order chi connectivity index (χ1) is 14.1. The molecular weight excluding hydrogens is 391 g/mol. The van der Waals surface area contributed by atoms with E-state index in [9.17, 15) is 9.18 Å². The van der Waals surface area contributed by atoms with E-state index in [0.29, 0.717) is 11.3 Å². The van der Waals surface area contributed by atoms with Gasteiger partial charge in [0.1, 0.15) is 24.1 Å². The van der Waals surface area contributed by atoms with E-state index in [0.717, 1.165) is 27.8 Å². The van der Waals surface area contributed by atoms with Crippen molar-refractivity contribution in [3.8, 4) is 10.4 Å². The Balaban J connectivity index is 1.22. The Morgan fingerprint density at radius 1 is 1.14 bits per heavy atom. The summed E-state index contributed by atoms with van der Waals surface area (Å²) in [7, 11) is 0. The molecule has 29 heavy (non-hydrogen) atoms. The average Bonchev–Trinajstić information content (AvgIpc) is 3.33. The Kier molecular flexibility index (Phi) is 3.91. The minimum absolute atomic E-state index is 0.129. The molecule has 2 N–H and O–H groups in total. The lowest BCUT2D eigenvalue weighted by Crippen LogP contribution is -2.47. The first-order valence-electron chi connectivity index (χ1n) is 9.82. The molecule has 4 heterocycles. The summed E-state index contributed by atoms with van der Waals surface area (Å²) in [6.45, 7) is 0. The number of rotatable bonds is 3. The largest absolute Gasteiger partial charge is 0.446 e. The topological polar surface area (TPSA) is 62.9 Å². The van der Waals surface area contributed by atoms with E-state index >= 15 is 0 Å². The molecule has 148 valence electrons. The molecule has 1 amide bonds. The number of halogens is 1. The van der Waals surface area contributed by atoms with Gasteiger partial charge in [-0.05, 0) is 35.7 Å². The van der Waals surface area contributed by atoms with Gasteiger partial charge in [-0.15, -0.1) is 11.3 Å². The van der Waals surface area contributed by atoms with Gasteiger partial charge in [-0.1, -0.05) is 18.2 Å². The van der Waals surface area contributed by atoms with Crippen LogP contribution in [0.5, 0.6) is 0 Å². The number of fused-ring (bicyclic) bond motifs is 6. The monoisotopic (exact) mass is 410 g/mol. The van der Waals surface area contributed by atoms with Gasteiger partial charge in [-0.3, -0.25) is 5.32 Å². The zero-order chi connectivity index (χ0) is 19.5. The molecule has 5 atom stereocenters. The van der Waals surface area contributed by atoms with Crippen molar-refractivity contribution in [2.75, 3.05) is 5.32 Å². The van der Waals surface area contributed by atoms with Crippen molar-refractivity contribution in [1.29, 1.82) is 0 Å². The number of hydrogen-bond donors (Lipinski definition) is 2. The number of ether oxygens (including phenoxy) is 2. The molecule has 0 radical (unpaired) electrons. The molecule has 2 aromatic carbocycles. The molecule has 3 fully saturated rings. The molecule has 3 aliphatic rings. The summed E-state index contributed by atoms with van der Waals surface area (Å²) in [5, 5.41) is 7.44. The van der Waals surface area contributed by atoms with Gasteiger partial charge < -0.3 is 14.8 Å². The van der Waals surface area contributed by atoms with E-state index in [1.54, 1.807) is 17.4 Å². The highest BCUT2D eigenvalue weighted by Crippen LogP contribution is 2.43. The number of benzene rings is 2. The minimum atomic E-state index is -0.500. The van der Waals surface area contributed by atoms with Gasteiger partial charge in [0.05, 0.1) is 5.69 Å². The molecule has 3 aliphatic heterocycles. The molecule has 0 spiro atoms. The zero-order valence-electron chi connectivity index (χ0n) is 15.4. The molecule has 3 aromatic rings. The minimum Gasteiger partial charge on any atom is -0.446 e. The molecule has 1 aromatic heterocycles. The van der Waals surface area contributed by atoms with Gasteiger partial charge >= 0.3 is 6.09 Å². The number of epoxide rings is 1. The van der Waals surface area contributed by atoms with Crippen molar-refractivity contribution in [2.45, 2.75) is 43.2 Å². The molecule has 0 aliphatic carbocycles. The van der Waals surface area contributed by atoms with Gasteiger partial charge in [-0.25, -0.2) is 9.18 Å². The highest BCUT2D eigenvalue weighted by Gasteiger charge is 2.59. The van der Waals surface area contributed by atoms with Crippen LogP contribution in [-0.4, -0.2) is 36.5 Å². The Bertz CT molecular complexity index is 1070. The van der Waals surface area contributed by atoms with E-state index in [1.807, 2.05) is 30.3 Å². The van der Waals surface area contributed by atoms with Crippen LogP contribution < -0.4 is 10.6 Å². The van der Waals surface area contributed by atoms with Crippen LogP contribution in [0.25, 0.3) is 20.5 Å². The van der Waals surface area contributed by atoms with E-state index < -0.39 is 6.09 Å². The van der Waals surface area contributed by atoms with Crippen LogP contribution >= 0.6 is 11.3 Å². The lowest BCUT2D eigenvalue weighted by atomic mass is 10.0. The Labute approximate surface area is 170 Å². The van der Waals surface area contributed by atoms with Gasteiger partial charge in [-0.2, -0.15) is 0 Å². The molecule has 6 rings (SSSR count). The molecule has 0 saturated carbocycles. The summed E-state index contributed by atoms with van der Waals surface area (Å²) in [6.07, 6.45) is 1.47. The van der Waals surface area contributed by atoms with Crippen LogP contribution in [-0.2, 0) is 9.47 Å². The molecule has 7 heteroatoms. The molecule has 2 bridgehead atoms. The van der Waals surface area contributed by atoms with Gasteiger partial charge in [0.15, 0.2) is 0 Å². The summed E-state index contributed by atoms with van der Waals surface area (Å²) in [4.78, 5) is 13.5. The second kappa shape index (κ2) is 6.52. The van der Waals surface area contributed by atoms with Crippen molar-refractivity contribution < 1.29 is 18.7 Å². The fraction of sp³-hybridized carbons (Fsp3) is 0.318. The highest BCUT2D eigenvalue weighted by atomic mass is 32.1. The third-order valence-corrected chi connectivity index (χ3v) is 7.15. The number of thiophene rings is 1. The highest BCUT2D eigenvalue weighted by molar-refractivity contribution is 7.22. The van der Waals surface area contributed by atoms with E-state index in [-0.39, 0.29) is 36.2 Å². The first kappa shape index (κ1) is 17.4. The predicted molar refractivity (Wildman–Crippen MR) is 110 cm³/mol. The molecular formula is C22H19FN2O3S. The van der Waals surface area contributed by atoms with Crippen molar-refractivity contribution >= 4 is 33.2 Å². The van der Waals surface area contributed by atoms with E-state index in [2.05, 4.69) is 10.6 Å². The summed E-state index contributed by atoms with van der Waals surface area (Å²) in [6, 6.07) is 15.0. The SMILES string of the molecule is O=C(Nc1ccc(F)cc1-c1cc2ccccc2s1)OC1C[C@@H]2N[C@@H](C1)[C@H]1O[C@H]12.